The van der Waals surface area contributed by atoms with E-state index in [0.29, 0.717) is 6.04 Å². The third-order valence-corrected chi connectivity index (χ3v) is 4.67. The summed E-state index contributed by atoms with van der Waals surface area (Å²) in [6.45, 7) is 3.02. The quantitative estimate of drug-likeness (QED) is 0.831. The van der Waals surface area contributed by atoms with Gasteiger partial charge >= 0.3 is 0 Å². The summed E-state index contributed by atoms with van der Waals surface area (Å²) in [5.74, 6) is 0. The molecule has 1 saturated carbocycles. The number of nitrogens with one attached hydrogen (secondary N) is 1. The average molecular weight is 288 g/mol. The minimum atomic E-state index is 0.700. The Morgan fingerprint density at radius 1 is 0.905 bits per heavy atom. The zero-order chi connectivity index (χ0) is 14.8. The lowest BCUT2D eigenvalue weighted by Crippen LogP contribution is -2.28. The van der Waals surface area contributed by atoms with Crippen LogP contribution in [0.3, 0.4) is 0 Å². The highest BCUT2D eigenvalue weighted by Crippen LogP contribution is 2.17. The topological polar surface area (TPSA) is 24.9 Å². The molecule has 0 aliphatic heterocycles. The van der Waals surface area contributed by atoms with Crippen molar-refractivity contribution in [2.45, 2.75) is 90.1 Å². The van der Waals surface area contributed by atoms with E-state index >= 15 is 0 Å². The fourth-order valence-corrected chi connectivity index (χ4v) is 3.23. The lowest BCUT2D eigenvalue weighted by molar-refractivity contribution is 0.403. The second-order valence-corrected chi connectivity index (χ2v) is 6.64. The molecule has 21 heavy (non-hydrogen) atoms. The van der Waals surface area contributed by atoms with E-state index < -0.39 is 0 Å². The van der Waals surface area contributed by atoms with Gasteiger partial charge in [-0.25, -0.2) is 0 Å². The maximum Gasteiger partial charge on any atom is 0.0372 e. The molecular formula is C19H32N2. The summed E-state index contributed by atoms with van der Waals surface area (Å²) in [5.41, 5.74) is 2.41. The van der Waals surface area contributed by atoms with Crippen LogP contribution >= 0.6 is 0 Å². The van der Waals surface area contributed by atoms with Gasteiger partial charge < -0.3 is 5.32 Å². The van der Waals surface area contributed by atoms with Crippen LogP contribution < -0.4 is 5.32 Å². The van der Waals surface area contributed by atoms with Gasteiger partial charge in [0.25, 0.3) is 0 Å². The minimum absolute atomic E-state index is 0.700. The van der Waals surface area contributed by atoms with Crippen LogP contribution in [0.4, 0.5) is 0 Å². The Labute approximate surface area is 130 Å². The molecule has 0 amide bonds. The minimum Gasteiger partial charge on any atom is -0.310 e. The predicted octanol–water partition coefficient (Wildman–Crippen LogP) is 5.15. The summed E-state index contributed by atoms with van der Waals surface area (Å²) in [7, 11) is 0. The summed E-state index contributed by atoms with van der Waals surface area (Å²) >= 11 is 0. The molecule has 1 aliphatic carbocycles. The Balaban J connectivity index is 1.75. The van der Waals surface area contributed by atoms with Gasteiger partial charge in [-0.15, -0.1) is 0 Å². The highest BCUT2D eigenvalue weighted by atomic mass is 14.9. The molecule has 0 saturated heterocycles. The predicted molar refractivity (Wildman–Crippen MR) is 90.4 cm³/mol. The Bertz CT molecular complexity index is 360. The van der Waals surface area contributed by atoms with E-state index in [1.54, 1.807) is 0 Å². The van der Waals surface area contributed by atoms with Crippen molar-refractivity contribution in [1.82, 2.24) is 10.3 Å². The maximum absolute atomic E-state index is 4.39. The largest absolute Gasteiger partial charge is 0.310 e. The van der Waals surface area contributed by atoms with E-state index in [2.05, 4.69) is 22.4 Å². The number of pyridine rings is 1. The van der Waals surface area contributed by atoms with Crippen molar-refractivity contribution in [2.75, 3.05) is 0 Å². The van der Waals surface area contributed by atoms with Crippen LogP contribution in [0.5, 0.6) is 0 Å². The Hall–Kier alpha value is -0.890. The summed E-state index contributed by atoms with van der Waals surface area (Å²) in [6.07, 6.45) is 17.6. The fraction of sp³-hybridized carbons (Fsp3) is 0.737. The van der Waals surface area contributed by atoms with Crippen LogP contribution in [0.2, 0.25) is 0 Å². The molecule has 0 atom stereocenters. The maximum atomic E-state index is 4.39. The monoisotopic (exact) mass is 288 g/mol. The molecule has 0 aromatic carbocycles. The van der Waals surface area contributed by atoms with E-state index in [9.17, 15) is 0 Å². The van der Waals surface area contributed by atoms with Crippen LogP contribution in [0.25, 0.3) is 0 Å². The van der Waals surface area contributed by atoms with Crippen LogP contribution in [0.1, 0.15) is 81.9 Å². The first-order valence-corrected chi connectivity index (χ1v) is 8.99. The molecule has 0 radical (unpaired) electrons. The Morgan fingerprint density at radius 2 is 1.48 bits per heavy atom. The zero-order valence-corrected chi connectivity index (χ0v) is 13.7. The van der Waals surface area contributed by atoms with E-state index in [0.717, 1.165) is 12.2 Å². The van der Waals surface area contributed by atoms with Crippen molar-refractivity contribution in [3.05, 3.63) is 29.6 Å². The summed E-state index contributed by atoms with van der Waals surface area (Å²) < 4.78 is 0. The second-order valence-electron chi connectivity index (χ2n) is 6.64. The standard InChI is InChI=1S/C19H32N2/c1-17-13-14-18(15-20-17)16-21-19-11-9-7-5-3-2-4-6-8-10-12-19/h13-15,19,21H,2-12,16H2,1H3. The third kappa shape index (κ3) is 7.08. The van der Waals surface area contributed by atoms with E-state index in [4.69, 9.17) is 0 Å². The fourth-order valence-electron chi connectivity index (χ4n) is 3.23. The molecule has 1 fully saturated rings. The van der Waals surface area contributed by atoms with Crippen LogP contribution in [-0.4, -0.2) is 11.0 Å². The molecule has 1 aromatic heterocycles. The molecule has 2 heteroatoms. The molecule has 118 valence electrons. The van der Waals surface area contributed by atoms with Gasteiger partial charge in [0.05, 0.1) is 0 Å². The molecule has 1 aliphatic rings. The first kappa shape index (κ1) is 16.5. The molecule has 0 unspecified atom stereocenters. The Kier molecular flexibility index (Phi) is 7.80. The van der Waals surface area contributed by atoms with E-state index in [-0.39, 0.29) is 0 Å². The number of hydrogen-bond donors (Lipinski definition) is 1. The van der Waals surface area contributed by atoms with Crippen molar-refractivity contribution < 1.29 is 0 Å². The van der Waals surface area contributed by atoms with Gasteiger partial charge in [-0.3, -0.25) is 4.98 Å². The average Bonchev–Trinajstić information content (AvgIpc) is 2.48. The molecule has 1 aromatic rings. The van der Waals surface area contributed by atoms with Crippen molar-refractivity contribution in [3.63, 3.8) is 0 Å². The van der Waals surface area contributed by atoms with Gasteiger partial charge in [0.2, 0.25) is 0 Å². The van der Waals surface area contributed by atoms with Crippen molar-refractivity contribution in [2.24, 2.45) is 0 Å². The van der Waals surface area contributed by atoms with Crippen molar-refractivity contribution in [3.8, 4) is 0 Å². The molecule has 2 rings (SSSR count). The van der Waals surface area contributed by atoms with Gasteiger partial charge in [-0.2, -0.15) is 0 Å². The third-order valence-electron chi connectivity index (χ3n) is 4.67. The molecular weight excluding hydrogens is 256 g/mol. The summed E-state index contributed by atoms with van der Waals surface area (Å²) in [6, 6.07) is 5.01. The molecule has 1 heterocycles. The van der Waals surface area contributed by atoms with Crippen LogP contribution in [-0.2, 0) is 6.54 Å². The highest BCUT2D eigenvalue weighted by molar-refractivity contribution is 5.12. The lowest BCUT2D eigenvalue weighted by Gasteiger charge is -2.19. The summed E-state index contributed by atoms with van der Waals surface area (Å²) in [5, 5.41) is 3.77. The SMILES string of the molecule is Cc1ccc(CNC2CCCCCCCCCCC2)cn1. The van der Waals surface area contributed by atoms with Gasteiger partial charge in [0, 0.05) is 24.5 Å². The number of aromatic nitrogens is 1. The molecule has 2 nitrogen and oxygen atoms in total. The van der Waals surface area contributed by atoms with Crippen LogP contribution in [0.15, 0.2) is 18.3 Å². The zero-order valence-electron chi connectivity index (χ0n) is 13.7. The molecule has 0 bridgehead atoms. The number of nitrogens with zero attached hydrogens (tertiary/aromatic N) is 1. The van der Waals surface area contributed by atoms with Gasteiger partial charge in [0.1, 0.15) is 0 Å². The molecule has 0 spiro atoms. The second kappa shape index (κ2) is 9.94. The normalized spacial score (nSPS) is 19.7. The number of aryl methyl sites for hydroxylation is 1. The van der Waals surface area contributed by atoms with Gasteiger partial charge in [0.15, 0.2) is 0 Å². The first-order valence-electron chi connectivity index (χ1n) is 8.99. The van der Waals surface area contributed by atoms with Crippen molar-refractivity contribution in [1.29, 1.82) is 0 Å². The lowest BCUT2D eigenvalue weighted by atomic mass is 9.98. The highest BCUT2D eigenvalue weighted by Gasteiger charge is 2.09. The first-order chi connectivity index (χ1) is 10.3. The van der Waals surface area contributed by atoms with Gasteiger partial charge in [-0.1, -0.05) is 63.9 Å². The number of rotatable bonds is 3. The van der Waals surface area contributed by atoms with Gasteiger partial charge in [-0.05, 0) is 31.4 Å². The van der Waals surface area contributed by atoms with E-state index in [1.165, 1.54) is 76.2 Å². The number of hydrogen-bond acceptors (Lipinski definition) is 2. The van der Waals surface area contributed by atoms with Crippen LogP contribution in [0, 0.1) is 6.92 Å². The van der Waals surface area contributed by atoms with E-state index in [1.807, 2.05) is 13.1 Å². The molecule has 1 N–H and O–H groups in total. The smallest absolute Gasteiger partial charge is 0.0372 e. The Morgan fingerprint density at radius 3 is 2.00 bits per heavy atom. The van der Waals surface area contributed by atoms with Crippen molar-refractivity contribution >= 4 is 0 Å². The summed E-state index contributed by atoms with van der Waals surface area (Å²) in [4.78, 5) is 4.39.